The van der Waals surface area contributed by atoms with Gasteiger partial charge in [-0.25, -0.2) is 0 Å². The van der Waals surface area contributed by atoms with Crippen LogP contribution in [0.15, 0.2) is 18.2 Å². The smallest absolute Gasteiger partial charge is 0.156 e. The normalized spacial score (nSPS) is 31.4. The Labute approximate surface area is 112 Å². The first-order valence-corrected chi connectivity index (χ1v) is 7.64. The van der Waals surface area contributed by atoms with Gasteiger partial charge in [0.2, 0.25) is 0 Å². The van der Waals surface area contributed by atoms with Gasteiger partial charge in [-0.2, -0.15) is 11.8 Å². The predicted octanol–water partition coefficient (Wildman–Crippen LogP) is 3.06. The lowest BCUT2D eigenvalue weighted by Gasteiger charge is -2.40. The van der Waals surface area contributed by atoms with Crippen molar-refractivity contribution in [3.63, 3.8) is 0 Å². The molecule has 18 heavy (non-hydrogen) atoms. The van der Waals surface area contributed by atoms with Crippen LogP contribution in [0.25, 0.3) is 0 Å². The Morgan fingerprint density at radius 3 is 3.06 bits per heavy atom. The van der Waals surface area contributed by atoms with Crippen LogP contribution in [0.5, 0.6) is 5.75 Å². The van der Waals surface area contributed by atoms with Gasteiger partial charge in [0.1, 0.15) is 5.75 Å². The number of phenols is 1. The lowest BCUT2D eigenvalue weighted by atomic mass is 9.67. The molecule has 2 atom stereocenters. The summed E-state index contributed by atoms with van der Waals surface area (Å²) in [5.41, 5.74) is 1.92. The number of hydrogen-bond donors (Lipinski definition) is 1. The monoisotopic (exact) mass is 262 g/mol. The number of ketones is 1. The molecule has 1 aromatic carbocycles. The summed E-state index contributed by atoms with van der Waals surface area (Å²) >= 11 is 1.81. The van der Waals surface area contributed by atoms with Gasteiger partial charge in [-0.05, 0) is 55.2 Å². The summed E-state index contributed by atoms with van der Waals surface area (Å²) in [5.74, 6) is 1.74. The van der Waals surface area contributed by atoms with E-state index in [9.17, 15) is 9.90 Å². The summed E-state index contributed by atoms with van der Waals surface area (Å²) in [7, 11) is 0. The fraction of sp³-hybridized carbons (Fsp3) is 0.533. The van der Waals surface area contributed by atoms with Crippen LogP contribution in [0.4, 0.5) is 0 Å². The summed E-state index contributed by atoms with van der Waals surface area (Å²) in [6.07, 6.45) is 4.03. The Bertz CT molecular complexity index is 497. The highest BCUT2D eigenvalue weighted by Gasteiger charge is 2.45. The van der Waals surface area contributed by atoms with Gasteiger partial charge >= 0.3 is 0 Å². The number of carbonyl (C=O) groups excluding carboxylic acids is 1. The zero-order chi connectivity index (χ0) is 12.8. The number of Topliss-reactive ketones (excluding diaryl/α,β-unsaturated/α-hetero) is 1. The number of hydrogen-bond acceptors (Lipinski definition) is 3. The molecule has 96 valence electrons. The van der Waals surface area contributed by atoms with Crippen molar-refractivity contribution in [2.75, 3.05) is 5.75 Å². The quantitative estimate of drug-likeness (QED) is 0.781. The first-order chi connectivity index (χ1) is 8.61. The summed E-state index contributed by atoms with van der Waals surface area (Å²) in [5, 5.41) is 9.81. The van der Waals surface area contributed by atoms with E-state index in [0.717, 1.165) is 30.6 Å². The maximum atomic E-state index is 12.7. The molecule has 1 saturated heterocycles. The van der Waals surface area contributed by atoms with Crippen LogP contribution in [0.2, 0.25) is 0 Å². The van der Waals surface area contributed by atoms with E-state index in [1.807, 2.05) is 17.8 Å². The molecule has 2 nitrogen and oxygen atoms in total. The van der Waals surface area contributed by atoms with Crippen molar-refractivity contribution in [2.45, 2.75) is 43.3 Å². The third-order valence-corrected chi connectivity index (χ3v) is 5.63. The van der Waals surface area contributed by atoms with E-state index >= 15 is 0 Å². The number of rotatable bonds is 0. The molecule has 1 aromatic rings. The molecule has 3 heteroatoms. The second-order valence-electron chi connectivity index (χ2n) is 5.56. The average molecular weight is 262 g/mol. The average Bonchev–Trinajstić information content (AvgIpc) is 2.35. The van der Waals surface area contributed by atoms with Gasteiger partial charge in [-0.3, -0.25) is 4.79 Å². The molecular weight excluding hydrogens is 244 g/mol. The minimum Gasteiger partial charge on any atom is -0.508 e. The molecule has 2 aliphatic rings. The van der Waals surface area contributed by atoms with Crippen LogP contribution in [0, 0.1) is 0 Å². The molecule has 2 unspecified atom stereocenters. The summed E-state index contributed by atoms with van der Waals surface area (Å²) in [6, 6.07) is 5.53. The maximum Gasteiger partial charge on any atom is 0.156 e. The van der Waals surface area contributed by atoms with Gasteiger partial charge in [0, 0.05) is 0 Å². The van der Waals surface area contributed by atoms with E-state index in [1.54, 1.807) is 12.1 Å². The molecule has 2 bridgehead atoms. The number of benzene rings is 1. The predicted molar refractivity (Wildman–Crippen MR) is 74.3 cm³/mol. The van der Waals surface area contributed by atoms with Crippen molar-refractivity contribution in [3.8, 4) is 5.75 Å². The molecule has 1 aliphatic carbocycles. The van der Waals surface area contributed by atoms with Gasteiger partial charge in [-0.1, -0.05) is 12.5 Å². The molecule has 0 radical (unpaired) electrons. The lowest BCUT2D eigenvalue weighted by molar-refractivity contribution is -0.124. The number of carbonyl (C=O) groups is 1. The molecule has 1 aliphatic heterocycles. The SMILES string of the molecule is CC12CCCCSC(Cc3ccc(O)cc31)C2=O. The number of thioether (sulfide) groups is 1. The van der Waals surface area contributed by atoms with Crippen LogP contribution in [-0.2, 0) is 16.6 Å². The standard InChI is InChI=1S/C15H18O2S/c1-15-6-2-3-7-18-13(14(15)17)8-10-4-5-11(16)9-12(10)15/h4-5,9,13,16H,2-3,6-8H2,1H3. The largest absolute Gasteiger partial charge is 0.508 e. The van der Waals surface area contributed by atoms with E-state index in [0.29, 0.717) is 5.78 Å². The minimum atomic E-state index is -0.385. The minimum absolute atomic E-state index is 0.118. The Morgan fingerprint density at radius 1 is 1.39 bits per heavy atom. The molecule has 1 fully saturated rings. The fourth-order valence-corrected chi connectivity index (χ4v) is 4.60. The van der Waals surface area contributed by atoms with Gasteiger partial charge in [0.25, 0.3) is 0 Å². The van der Waals surface area contributed by atoms with Gasteiger partial charge in [0.15, 0.2) is 5.78 Å². The van der Waals surface area contributed by atoms with Crippen molar-refractivity contribution in [3.05, 3.63) is 29.3 Å². The van der Waals surface area contributed by atoms with Crippen LogP contribution in [0.3, 0.4) is 0 Å². The summed E-state index contributed by atoms with van der Waals surface area (Å²) < 4.78 is 0. The van der Waals surface area contributed by atoms with E-state index in [-0.39, 0.29) is 16.4 Å². The molecule has 0 saturated carbocycles. The zero-order valence-electron chi connectivity index (χ0n) is 10.6. The number of fused-ring (bicyclic) bond motifs is 4. The van der Waals surface area contributed by atoms with Crippen LogP contribution >= 0.6 is 11.8 Å². The highest BCUT2D eigenvalue weighted by atomic mass is 32.2. The Balaban J connectivity index is 2.15. The Morgan fingerprint density at radius 2 is 2.22 bits per heavy atom. The third-order valence-electron chi connectivity index (χ3n) is 4.32. The molecule has 0 aromatic heterocycles. The topological polar surface area (TPSA) is 37.3 Å². The number of phenolic OH excluding ortho intramolecular Hbond substituents is 1. The van der Waals surface area contributed by atoms with E-state index in [4.69, 9.17) is 0 Å². The van der Waals surface area contributed by atoms with Crippen LogP contribution in [-0.4, -0.2) is 21.9 Å². The second kappa shape index (κ2) is 4.30. The van der Waals surface area contributed by atoms with Crippen molar-refractivity contribution in [2.24, 2.45) is 0 Å². The molecule has 0 spiro atoms. The fourth-order valence-electron chi connectivity index (χ4n) is 3.24. The molecule has 1 N–H and O–H groups in total. The molecule has 3 rings (SSSR count). The maximum absolute atomic E-state index is 12.7. The summed E-state index contributed by atoms with van der Waals surface area (Å²) in [4.78, 5) is 12.7. The van der Waals surface area contributed by atoms with Gasteiger partial charge < -0.3 is 5.11 Å². The number of aromatic hydroxyl groups is 1. The van der Waals surface area contributed by atoms with E-state index < -0.39 is 0 Å². The second-order valence-corrected chi connectivity index (χ2v) is 6.87. The molecule has 1 heterocycles. The van der Waals surface area contributed by atoms with Crippen LogP contribution < -0.4 is 0 Å². The first-order valence-electron chi connectivity index (χ1n) is 6.59. The van der Waals surface area contributed by atoms with Crippen molar-refractivity contribution < 1.29 is 9.90 Å². The molecular formula is C15H18O2S. The third kappa shape index (κ3) is 1.76. The molecule has 0 amide bonds. The van der Waals surface area contributed by atoms with Crippen molar-refractivity contribution in [1.29, 1.82) is 0 Å². The lowest BCUT2D eigenvalue weighted by Crippen LogP contribution is -2.45. The van der Waals surface area contributed by atoms with E-state index in [2.05, 4.69) is 6.92 Å². The van der Waals surface area contributed by atoms with Gasteiger partial charge in [-0.15, -0.1) is 0 Å². The van der Waals surface area contributed by atoms with Crippen molar-refractivity contribution in [1.82, 2.24) is 0 Å². The van der Waals surface area contributed by atoms with E-state index in [1.165, 1.54) is 12.0 Å². The van der Waals surface area contributed by atoms with Crippen molar-refractivity contribution >= 4 is 17.5 Å². The van der Waals surface area contributed by atoms with Gasteiger partial charge in [0.05, 0.1) is 10.7 Å². The Kier molecular flexibility index (Phi) is 2.89. The van der Waals surface area contributed by atoms with Crippen LogP contribution in [0.1, 0.15) is 37.3 Å². The highest BCUT2D eigenvalue weighted by molar-refractivity contribution is 8.00. The Hall–Kier alpha value is -0.960. The summed E-state index contributed by atoms with van der Waals surface area (Å²) in [6.45, 7) is 2.06. The highest BCUT2D eigenvalue weighted by Crippen LogP contribution is 2.44. The first kappa shape index (κ1) is 12.1. The zero-order valence-corrected chi connectivity index (χ0v) is 11.4.